The third-order valence-electron chi connectivity index (χ3n) is 1.02. The van der Waals surface area contributed by atoms with Gasteiger partial charge in [-0.15, -0.1) is 0 Å². The molecule has 0 atom stereocenters. The average molecular weight is 191 g/mol. The second kappa shape index (κ2) is 17.4. The highest BCUT2D eigenvalue weighted by atomic mass is 14.6. The fourth-order valence-corrected chi connectivity index (χ4v) is 0.390. The molecule has 1 N–H and O–H groups in total. The minimum absolute atomic E-state index is 0.625. The molecule has 0 aliphatic heterocycles. The van der Waals surface area contributed by atoms with Gasteiger partial charge in [0.15, 0.2) is 0 Å². The first-order valence-corrected chi connectivity index (χ1v) is 4.65. The predicted octanol–water partition coefficient (Wildman–Crippen LogP) is 3.24. The van der Waals surface area contributed by atoms with Crippen molar-refractivity contribution in [1.82, 2.24) is 4.98 Å². The Bertz CT molecular complexity index is 221. The quantitative estimate of drug-likeness (QED) is 0.740. The van der Waals surface area contributed by atoms with E-state index < -0.39 is 0 Å². The van der Waals surface area contributed by atoms with Crippen molar-refractivity contribution in [2.45, 2.75) is 33.1 Å². The first-order chi connectivity index (χ1) is 6.83. The lowest BCUT2D eigenvalue weighted by molar-refractivity contribution is 0.969. The molecular weight excluding hydrogens is 174 g/mol. The van der Waals surface area contributed by atoms with E-state index in [0.29, 0.717) is 12.8 Å². The number of unbranched alkanes of at least 4 members (excludes halogenated alkanes) is 1. The molecule has 0 aliphatic rings. The fraction of sp³-hybridized carbons (Fsp3) is 0.455. The molecule has 0 aliphatic carbocycles. The van der Waals surface area contributed by atoms with Crippen molar-refractivity contribution in [2.24, 2.45) is 0 Å². The molecule has 3 nitrogen and oxygen atoms in total. The summed E-state index contributed by atoms with van der Waals surface area (Å²) >= 11 is 0. The van der Waals surface area contributed by atoms with Crippen molar-refractivity contribution < 1.29 is 0 Å². The van der Waals surface area contributed by atoms with E-state index >= 15 is 0 Å². The molecule has 0 amide bonds. The van der Waals surface area contributed by atoms with Gasteiger partial charge in [-0.1, -0.05) is 13.8 Å². The minimum atomic E-state index is 0.625. The Labute approximate surface area is 86.0 Å². The SMILES string of the molecule is CCC#N.CCCC#N.c1cc[nH]c1. The average Bonchev–Trinajstić information content (AvgIpc) is 2.78. The van der Waals surface area contributed by atoms with Crippen LogP contribution in [-0.2, 0) is 0 Å². The van der Waals surface area contributed by atoms with Crippen LogP contribution in [-0.4, -0.2) is 4.98 Å². The van der Waals surface area contributed by atoms with E-state index in [1.807, 2.05) is 50.5 Å². The van der Waals surface area contributed by atoms with Crippen molar-refractivity contribution >= 4 is 0 Å². The van der Waals surface area contributed by atoms with Gasteiger partial charge < -0.3 is 4.98 Å². The van der Waals surface area contributed by atoms with Gasteiger partial charge in [-0.2, -0.15) is 10.5 Å². The summed E-state index contributed by atoms with van der Waals surface area (Å²) in [6.07, 6.45) is 6.05. The lowest BCUT2D eigenvalue weighted by Gasteiger charge is -1.65. The monoisotopic (exact) mass is 191 g/mol. The molecule has 0 saturated heterocycles. The Hall–Kier alpha value is -1.74. The maximum atomic E-state index is 7.82. The van der Waals surface area contributed by atoms with Gasteiger partial charge in [0.05, 0.1) is 12.1 Å². The largest absolute Gasteiger partial charge is 0.368 e. The first-order valence-electron chi connectivity index (χ1n) is 4.65. The highest BCUT2D eigenvalue weighted by Gasteiger charge is 1.65. The zero-order valence-corrected chi connectivity index (χ0v) is 8.83. The fourth-order valence-electron chi connectivity index (χ4n) is 0.390. The summed E-state index contributed by atoms with van der Waals surface area (Å²) in [7, 11) is 0. The standard InChI is InChI=1S/C4H5N.C4H7N.C3H5N/c1-2-4-5-3-1;1-2-3-4-5;1-2-3-4/h1-5H;2-3H2,1H3;2H2,1H3. The van der Waals surface area contributed by atoms with Crippen molar-refractivity contribution in [2.75, 3.05) is 0 Å². The molecule has 0 aromatic carbocycles. The molecule has 0 fully saturated rings. The molecule has 1 aromatic heterocycles. The number of aromatic nitrogens is 1. The normalized spacial score (nSPS) is 6.57. The Balaban J connectivity index is 0. The van der Waals surface area contributed by atoms with Crippen molar-refractivity contribution in [3.05, 3.63) is 24.5 Å². The van der Waals surface area contributed by atoms with Gasteiger partial charge in [-0.25, -0.2) is 0 Å². The zero-order valence-electron chi connectivity index (χ0n) is 8.83. The smallest absolute Gasteiger partial charge is 0.0621 e. The maximum Gasteiger partial charge on any atom is 0.0621 e. The second-order valence-corrected chi connectivity index (χ2v) is 2.30. The van der Waals surface area contributed by atoms with Crippen LogP contribution >= 0.6 is 0 Å². The molecular formula is C11H17N3. The predicted molar refractivity (Wildman–Crippen MR) is 57.2 cm³/mol. The summed E-state index contributed by atoms with van der Waals surface area (Å²) in [5, 5.41) is 15.4. The number of rotatable bonds is 1. The Morgan fingerprint density at radius 3 is 1.64 bits per heavy atom. The van der Waals surface area contributed by atoms with Gasteiger partial charge in [0.2, 0.25) is 0 Å². The number of hydrogen-bond donors (Lipinski definition) is 1. The molecule has 0 bridgehead atoms. The minimum Gasteiger partial charge on any atom is -0.368 e. The molecule has 0 saturated carbocycles. The molecule has 1 rings (SSSR count). The van der Waals surface area contributed by atoms with Gasteiger partial charge in [-0.05, 0) is 18.6 Å². The van der Waals surface area contributed by atoms with Crippen LogP contribution in [0.1, 0.15) is 33.1 Å². The lowest BCUT2D eigenvalue weighted by Crippen LogP contribution is -1.53. The molecule has 1 heterocycles. The van der Waals surface area contributed by atoms with Crippen molar-refractivity contribution in [3.8, 4) is 12.1 Å². The second-order valence-electron chi connectivity index (χ2n) is 2.30. The van der Waals surface area contributed by atoms with Gasteiger partial charge in [0.25, 0.3) is 0 Å². The Kier molecular flexibility index (Phi) is 18.3. The first kappa shape index (κ1) is 14.8. The zero-order chi connectivity index (χ0) is 11.1. The summed E-state index contributed by atoms with van der Waals surface area (Å²) in [5.74, 6) is 0. The van der Waals surface area contributed by atoms with Crippen LogP contribution < -0.4 is 0 Å². The number of aromatic amines is 1. The summed E-state index contributed by atoms with van der Waals surface area (Å²) in [6.45, 7) is 3.81. The van der Waals surface area contributed by atoms with Crippen LogP contribution in [0.4, 0.5) is 0 Å². The Morgan fingerprint density at radius 1 is 1.07 bits per heavy atom. The van der Waals surface area contributed by atoms with E-state index in [4.69, 9.17) is 10.5 Å². The highest BCUT2D eigenvalue weighted by Crippen LogP contribution is 1.77. The number of nitrogens with one attached hydrogen (secondary N) is 1. The van der Waals surface area contributed by atoms with Crippen molar-refractivity contribution in [1.29, 1.82) is 10.5 Å². The van der Waals surface area contributed by atoms with E-state index in [0.717, 1.165) is 6.42 Å². The summed E-state index contributed by atoms with van der Waals surface area (Å²) in [6, 6.07) is 7.84. The summed E-state index contributed by atoms with van der Waals surface area (Å²) < 4.78 is 0. The number of hydrogen-bond acceptors (Lipinski definition) is 2. The molecule has 1 aromatic rings. The Morgan fingerprint density at radius 2 is 1.57 bits per heavy atom. The van der Waals surface area contributed by atoms with E-state index in [-0.39, 0.29) is 0 Å². The third-order valence-corrected chi connectivity index (χ3v) is 1.02. The molecule has 14 heavy (non-hydrogen) atoms. The maximum absolute atomic E-state index is 7.82. The van der Waals surface area contributed by atoms with E-state index in [2.05, 4.69) is 4.98 Å². The number of nitriles is 2. The van der Waals surface area contributed by atoms with Crippen LogP contribution in [0.5, 0.6) is 0 Å². The van der Waals surface area contributed by atoms with E-state index in [9.17, 15) is 0 Å². The van der Waals surface area contributed by atoms with E-state index in [1.54, 1.807) is 0 Å². The van der Waals surface area contributed by atoms with Crippen molar-refractivity contribution in [3.63, 3.8) is 0 Å². The highest BCUT2D eigenvalue weighted by molar-refractivity contribution is 4.84. The van der Waals surface area contributed by atoms with Crippen LogP contribution in [0, 0.1) is 22.7 Å². The molecule has 0 spiro atoms. The van der Waals surface area contributed by atoms with Gasteiger partial charge in [-0.3, -0.25) is 0 Å². The number of nitrogens with zero attached hydrogens (tertiary/aromatic N) is 2. The van der Waals surface area contributed by atoms with Crippen LogP contribution in [0.3, 0.4) is 0 Å². The topological polar surface area (TPSA) is 63.4 Å². The summed E-state index contributed by atoms with van der Waals surface area (Å²) in [4.78, 5) is 2.86. The molecule has 3 heteroatoms. The van der Waals surface area contributed by atoms with Crippen LogP contribution in [0.15, 0.2) is 24.5 Å². The van der Waals surface area contributed by atoms with Crippen LogP contribution in [0.2, 0.25) is 0 Å². The third kappa shape index (κ3) is 22.5. The van der Waals surface area contributed by atoms with Gasteiger partial charge in [0, 0.05) is 25.2 Å². The molecule has 0 radical (unpaired) electrons. The lowest BCUT2D eigenvalue weighted by atomic mass is 10.4. The van der Waals surface area contributed by atoms with Crippen LogP contribution in [0.25, 0.3) is 0 Å². The summed E-state index contributed by atoms with van der Waals surface area (Å²) in [5.41, 5.74) is 0. The van der Waals surface area contributed by atoms with Gasteiger partial charge in [0.1, 0.15) is 0 Å². The number of H-pyrrole nitrogens is 1. The van der Waals surface area contributed by atoms with E-state index in [1.165, 1.54) is 0 Å². The van der Waals surface area contributed by atoms with Gasteiger partial charge >= 0.3 is 0 Å². The molecule has 0 unspecified atom stereocenters. The molecule has 76 valence electrons.